The van der Waals surface area contributed by atoms with Crippen molar-refractivity contribution in [2.75, 3.05) is 0 Å². The third-order valence-corrected chi connectivity index (χ3v) is 2.73. The highest BCUT2D eigenvalue weighted by Crippen LogP contribution is 2.07. The lowest BCUT2D eigenvalue weighted by molar-refractivity contribution is -0.141. The number of nitrogens with one attached hydrogen (secondary N) is 1. The zero-order chi connectivity index (χ0) is 14.3. The van der Waals surface area contributed by atoms with Crippen LogP contribution in [0.2, 0.25) is 0 Å². The van der Waals surface area contributed by atoms with Crippen LogP contribution in [0, 0.1) is 6.92 Å². The number of hydrogen-bond acceptors (Lipinski definition) is 2. The average Bonchev–Trinajstić information content (AvgIpc) is 2.35. The molecule has 1 atom stereocenters. The van der Waals surface area contributed by atoms with Crippen molar-refractivity contribution >= 4 is 11.9 Å². The van der Waals surface area contributed by atoms with Crippen molar-refractivity contribution in [1.29, 1.82) is 0 Å². The molecule has 0 bridgehead atoms. The van der Waals surface area contributed by atoms with Crippen LogP contribution >= 0.6 is 0 Å². The van der Waals surface area contributed by atoms with E-state index in [1.165, 1.54) is 0 Å². The monoisotopic (exact) mass is 261 g/mol. The van der Waals surface area contributed by atoms with E-state index in [1.807, 2.05) is 31.2 Å². The molecule has 0 aliphatic carbocycles. The van der Waals surface area contributed by atoms with Gasteiger partial charge in [0.15, 0.2) is 0 Å². The van der Waals surface area contributed by atoms with Crippen molar-refractivity contribution in [2.45, 2.75) is 32.2 Å². The highest BCUT2D eigenvalue weighted by atomic mass is 16.4. The van der Waals surface area contributed by atoms with Crippen LogP contribution in [0.5, 0.6) is 0 Å². The van der Waals surface area contributed by atoms with Gasteiger partial charge in [0, 0.05) is 12.8 Å². The van der Waals surface area contributed by atoms with Gasteiger partial charge in [-0.1, -0.05) is 35.9 Å². The molecule has 2 N–H and O–H groups in total. The molecule has 4 nitrogen and oxygen atoms in total. The van der Waals surface area contributed by atoms with Crippen molar-refractivity contribution in [1.82, 2.24) is 5.32 Å². The van der Waals surface area contributed by atoms with Gasteiger partial charge in [0.2, 0.25) is 5.91 Å². The number of carboxylic acid groups (broad SMARTS) is 1. The van der Waals surface area contributed by atoms with E-state index in [0.29, 0.717) is 6.42 Å². The molecule has 0 heterocycles. The van der Waals surface area contributed by atoms with Crippen LogP contribution in [0.15, 0.2) is 36.9 Å². The van der Waals surface area contributed by atoms with Crippen molar-refractivity contribution in [3.63, 3.8) is 0 Å². The van der Waals surface area contributed by atoms with Gasteiger partial charge in [0.05, 0.1) is 0 Å². The summed E-state index contributed by atoms with van der Waals surface area (Å²) >= 11 is 0. The fourth-order valence-corrected chi connectivity index (χ4v) is 1.77. The molecule has 0 aromatic heterocycles. The Morgan fingerprint density at radius 1 is 1.47 bits per heavy atom. The van der Waals surface area contributed by atoms with Crippen molar-refractivity contribution in [3.05, 3.63) is 48.0 Å². The number of carbonyl (C=O) groups excluding carboxylic acids is 1. The summed E-state index contributed by atoms with van der Waals surface area (Å²) in [5, 5.41) is 11.7. The van der Waals surface area contributed by atoms with Gasteiger partial charge in [-0.25, -0.2) is 4.79 Å². The molecule has 1 amide bonds. The third-order valence-electron chi connectivity index (χ3n) is 2.73. The second-order valence-corrected chi connectivity index (χ2v) is 4.48. The molecular formula is C15H19NO3. The maximum absolute atomic E-state index is 11.6. The number of aliphatic carboxylic acids is 1. The van der Waals surface area contributed by atoms with Crippen molar-refractivity contribution in [2.24, 2.45) is 0 Å². The predicted molar refractivity (Wildman–Crippen MR) is 73.9 cm³/mol. The van der Waals surface area contributed by atoms with Crippen LogP contribution in [0.1, 0.15) is 24.0 Å². The highest BCUT2D eigenvalue weighted by molar-refractivity contribution is 5.83. The van der Waals surface area contributed by atoms with Crippen LogP contribution in [0.4, 0.5) is 0 Å². The summed E-state index contributed by atoms with van der Waals surface area (Å²) < 4.78 is 0. The van der Waals surface area contributed by atoms with Crippen LogP contribution in [0.3, 0.4) is 0 Å². The van der Waals surface area contributed by atoms with Crippen molar-refractivity contribution in [3.8, 4) is 0 Å². The molecule has 102 valence electrons. The van der Waals surface area contributed by atoms with Gasteiger partial charge in [-0.05, 0) is 18.9 Å². The van der Waals surface area contributed by atoms with E-state index in [-0.39, 0.29) is 18.7 Å². The minimum atomic E-state index is -1.02. The first-order valence-corrected chi connectivity index (χ1v) is 6.21. The summed E-state index contributed by atoms with van der Waals surface area (Å²) in [7, 11) is 0. The molecule has 0 unspecified atom stereocenters. The third kappa shape index (κ3) is 5.38. The zero-order valence-corrected chi connectivity index (χ0v) is 11.1. The van der Waals surface area contributed by atoms with E-state index in [9.17, 15) is 9.59 Å². The summed E-state index contributed by atoms with van der Waals surface area (Å²) in [6.45, 7) is 5.47. The first-order valence-electron chi connectivity index (χ1n) is 6.21. The van der Waals surface area contributed by atoms with E-state index >= 15 is 0 Å². The molecule has 0 saturated carbocycles. The number of carboxylic acids is 1. The molecule has 0 radical (unpaired) electrons. The first-order chi connectivity index (χ1) is 9.02. The maximum atomic E-state index is 11.6. The Hall–Kier alpha value is -2.10. The van der Waals surface area contributed by atoms with Gasteiger partial charge in [0.25, 0.3) is 0 Å². The molecule has 0 aliphatic rings. The highest BCUT2D eigenvalue weighted by Gasteiger charge is 2.19. The molecule has 1 rings (SSSR count). The Kier molecular flexibility index (Phi) is 5.79. The zero-order valence-electron chi connectivity index (χ0n) is 11.1. The number of benzene rings is 1. The topological polar surface area (TPSA) is 66.4 Å². The number of rotatable bonds is 7. The SMILES string of the molecule is C=CCCC(=O)N[C@@H](Cc1cccc(C)c1)C(=O)O. The Labute approximate surface area is 113 Å². The quantitative estimate of drug-likeness (QED) is 0.738. The minimum Gasteiger partial charge on any atom is -0.480 e. The van der Waals surface area contributed by atoms with Crippen LogP contribution in [-0.2, 0) is 16.0 Å². The standard InChI is InChI=1S/C15H19NO3/c1-3-4-8-14(17)16-13(15(18)19)10-12-7-5-6-11(2)9-12/h3,5-7,9,13H,1,4,8,10H2,2H3,(H,16,17)(H,18,19)/t13-/m0/s1. The summed E-state index contributed by atoms with van der Waals surface area (Å²) in [6, 6.07) is 6.72. The molecular weight excluding hydrogens is 242 g/mol. The lowest BCUT2D eigenvalue weighted by Crippen LogP contribution is -2.42. The first kappa shape index (κ1) is 15.0. The van der Waals surface area contributed by atoms with E-state index < -0.39 is 12.0 Å². The summed E-state index contributed by atoms with van der Waals surface area (Å²) in [5.74, 6) is -1.28. The van der Waals surface area contributed by atoms with E-state index in [2.05, 4.69) is 11.9 Å². The Balaban J connectivity index is 2.65. The molecule has 0 spiro atoms. The predicted octanol–water partition coefficient (Wildman–Crippen LogP) is 2.07. The van der Waals surface area contributed by atoms with Gasteiger partial charge < -0.3 is 10.4 Å². The van der Waals surface area contributed by atoms with Gasteiger partial charge >= 0.3 is 5.97 Å². The molecule has 0 aliphatic heterocycles. The summed E-state index contributed by atoms with van der Waals surface area (Å²) in [4.78, 5) is 22.7. The van der Waals surface area contributed by atoms with E-state index in [1.54, 1.807) is 6.08 Å². The average molecular weight is 261 g/mol. The maximum Gasteiger partial charge on any atom is 0.326 e. The lowest BCUT2D eigenvalue weighted by atomic mass is 10.0. The largest absolute Gasteiger partial charge is 0.480 e. The molecule has 0 fully saturated rings. The minimum absolute atomic E-state index is 0.264. The van der Waals surface area contributed by atoms with Gasteiger partial charge in [-0.3, -0.25) is 4.79 Å². The number of carbonyl (C=O) groups is 2. The Morgan fingerprint density at radius 3 is 2.79 bits per heavy atom. The normalized spacial score (nSPS) is 11.6. The number of allylic oxidation sites excluding steroid dienone is 1. The van der Waals surface area contributed by atoms with Crippen LogP contribution in [-0.4, -0.2) is 23.0 Å². The summed E-state index contributed by atoms with van der Waals surface area (Å²) in [6.07, 6.45) is 2.73. The lowest BCUT2D eigenvalue weighted by Gasteiger charge is -2.14. The molecule has 4 heteroatoms. The van der Waals surface area contributed by atoms with Gasteiger partial charge in [0.1, 0.15) is 6.04 Å². The molecule has 0 saturated heterocycles. The fourth-order valence-electron chi connectivity index (χ4n) is 1.77. The molecule has 1 aromatic rings. The Bertz CT molecular complexity index is 468. The number of aryl methyl sites for hydroxylation is 1. The number of hydrogen-bond donors (Lipinski definition) is 2. The van der Waals surface area contributed by atoms with Gasteiger partial charge in [-0.15, -0.1) is 6.58 Å². The molecule has 1 aromatic carbocycles. The van der Waals surface area contributed by atoms with Gasteiger partial charge in [-0.2, -0.15) is 0 Å². The Morgan fingerprint density at radius 2 is 2.21 bits per heavy atom. The summed E-state index contributed by atoms with van der Waals surface area (Å²) in [5.41, 5.74) is 1.97. The number of amides is 1. The van der Waals surface area contributed by atoms with E-state index in [4.69, 9.17) is 5.11 Å². The second kappa shape index (κ2) is 7.36. The van der Waals surface area contributed by atoms with Crippen LogP contribution < -0.4 is 5.32 Å². The van der Waals surface area contributed by atoms with Crippen LogP contribution in [0.25, 0.3) is 0 Å². The fraction of sp³-hybridized carbons (Fsp3) is 0.333. The smallest absolute Gasteiger partial charge is 0.326 e. The second-order valence-electron chi connectivity index (χ2n) is 4.48. The molecule has 19 heavy (non-hydrogen) atoms. The van der Waals surface area contributed by atoms with Crippen molar-refractivity contribution < 1.29 is 14.7 Å². The van der Waals surface area contributed by atoms with E-state index in [0.717, 1.165) is 11.1 Å².